The quantitative estimate of drug-likeness (QED) is 0.154. The number of ether oxygens (including phenoxy) is 3. The van der Waals surface area contributed by atoms with Crippen LogP contribution in [-0.4, -0.2) is 40.7 Å². The molecule has 0 bridgehead atoms. The number of nitrogens with zero attached hydrogens (tertiary/aromatic N) is 3. The molecule has 1 aromatic heterocycles. The Morgan fingerprint density at radius 1 is 0.829 bits per heavy atom. The molecule has 220 valence electrons. The summed E-state index contributed by atoms with van der Waals surface area (Å²) in [7, 11) is 1.45. The molecule has 0 aliphatic carbocycles. The van der Waals surface area contributed by atoms with Crippen LogP contribution in [0.5, 0.6) is 17.2 Å². The molecule has 0 atom stereocenters. The molecule has 7 nitrogen and oxygen atoms in total. The number of methoxy groups -OCH3 is 2. The van der Waals surface area contributed by atoms with E-state index in [1.807, 2.05) is 44.2 Å². The van der Waals surface area contributed by atoms with Crippen molar-refractivity contribution in [2.24, 2.45) is 0 Å². The van der Waals surface area contributed by atoms with Gasteiger partial charge in [0.2, 0.25) is 0 Å². The van der Waals surface area contributed by atoms with Crippen LogP contribution < -0.4 is 19.1 Å². The first kappa shape index (κ1) is 32.0. The maximum absolute atomic E-state index is 10.1. The number of benzene rings is 2. The van der Waals surface area contributed by atoms with Crippen LogP contribution in [0.3, 0.4) is 0 Å². The third-order valence-electron chi connectivity index (χ3n) is 7.80. The summed E-state index contributed by atoms with van der Waals surface area (Å²) in [6.45, 7) is 17.1. The lowest BCUT2D eigenvalue weighted by molar-refractivity contribution is 0.201. The van der Waals surface area contributed by atoms with Gasteiger partial charge in [-0.2, -0.15) is 5.26 Å². The highest BCUT2D eigenvalue weighted by molar-refractivity contribution is 6.74. The van der Waals surface area contributed by atoms with E-state index in [9.17, 15) is 5.26 Å². The normalized spacial score (nSPS) is 12.0. The summed E-state index contributed by atoms with van der Waals surface area (Å²) in [5, 5.41) is 10.2. The fourth-order valence-corrected chi connectivity index (χ4v) is 5.08. The molecule has 0 aliphatic heterocycles. The lowest BCUT2D eigenvalue weighted by atomic mass is 9.86. The minimum atomic E-state index is -1.88. The number of rotatable bonds is 13. The second-order valence-corrected chi connectivity index (χ2v) is 17.1. The van der Waals surface area contributed by atoms with Gasteiger partial charge in [0.15, 0.2) is 8.32 Å². The number of hydrogen-bond acceptors (Lipinski definition) is 7. The molecule has 0 radical (unpaired) electrons. The molecule has 2 aromatic carbocycles. The van der Waals surface area contributed by atoms with Gasteiger partial charge in [-0.3, -0.25) is 0 Å². The summed E-state index contributed by atoms with van der Waals surface area (Å²) in [4.78, 5) is 7.02. The second kappa shape index (κ2) is 13.4. The molecule has 1 heterocycles. The highest BCUT2D eigenvalue weighted by Gasteiger charge is 2.37. The highest BCUT2D eigenvalue weighted by Crippen LogP contribution is 2.37. The summed E-state index contributed by atoms with van der Waals surface area (Å²) in [6, 6.07) is 20.5. The number of pyridine rings is 1. The van der Waals surface area contributed by atoms with E-state index in [1.54, 1.807) is 20.4 Å². The van der Waals surface area contributed by atoms with E-state index in [0.29, 0.717) is 32.1 Å². The molecule has 0 saturated heterocycles. The van der Waals surface area contributed by atoms with E-state index in [1.165, 1.54) is 0 Å². The fraction of sp³-hybridized carbons (Fsp3) is 0.455. The van der Waals surface area contributed by atoms with Crippen molar-refractivity contribution in [3.8, 4) is 23.3 Å². The molecule has 3 aromatic rings. The molecule has 0 fully saturated rings. The Hall–Kier alpha value is -3.54. The summed E-state index contributed by atoms with van der Waals surface area (Å²) >= 11 is 0. The molecule has 0 spiro atoms. The summed E-state index contributed by atoms with van der Waals surface area (Å²) < 4.78 is 23.2. The Labute approximate surface area is 247 Å². The molecule has 0 N–H and O–H groups in total. The third-order valence-corrected chi connectivity index (χ3v) is 12.3. The average Bonchev–Trinajstić information content (AvgIpc) is 2.95. The van der Waals surface area contributed by atoms with Gasteiger partial charge in [0.05, 0.1) is 38.5 Å². The molecule has 41 heavy (non-hydrogen) atoms. The minimum absolute atomic E-state index is 0.126. The van der Waals surface area contributed by atoms with Gasteiger partial charge in [-0.25, -0.2) is 4.98 Å². The average molecular weight is 576 g/mol. The molecular weight excluding hydrogens is 530 g/mol. The molecular formula is C33H45N3O4Si. The number of anilines is 1. The molecule has 0 unspecified atom stereocenters. The van der Waals surface area contributed by atoms with Crippen molar-refractivity contribution < 1.29 is 18.6 Å². The van der Waals surface area contributed by atoms with Crippen LogP contribution in [0.4, 0.5) is 5.82 Å². The molecule has 8 heteroatoms. The van der Waals surface area contributed by atoms with Gasteiger partial charge < -0.3 is 23.5 Å². The van der Waals surface area contributed by atoms with Gasteiger partial charge in [0, 0.05) is 18.7 Å². The van der Waals surface area contributed by atoms with Crippen LogP contribution in [0, 0.1) is 11.3 Å². The zero-order chi connectivity index (χ0) is 30.3. The second-order valence-electron chi connectivity index (χ2n) is 12.3. The summed E-state index contributed by atoms with van der Waals surface area (Å²) in [5.74, 6) is 2.99. The van der Waals surface area contributed by atoms with Gasteiger partial charge in [-0.15, -0.1) is 0 Å². The van der Waals surface area contributed by atoms with Crippen LogP contribution in [0.1, 0.15) is 51.3 Å². The zero-order valence-electron chi connectivity index (χ0n) is 26.1. The molecule has 0 aliphatic rings. The fourth-order valence-electron chi connectivity index (χ4n) is 4.05. The van der Waals surface area contributed by atoms with Gasteiger partial charge in [-0.05, 0) is 73.4 Å². The Balaban J connectivity index is 1.91. The SMILES string of the molecule is COc1ccc(CN(Cc2ccc(OC)cc2)c2cc(C(C)(C)C#N)c(OCCO[Si](C)(C)C(C)(C)C)cn2)cc1. The molecule has 0 amide bonds. The van der Waals surface area contributed by atoms with Crippen molar-refractivity contribution in [2.75, 3.05) is 32.3 Å². The monoisotopic (exact) mass is 575 g/mol. The standard InChI is InChI=1S/C33H45N3O4Si/c1-32(2,3)41(8,9)40-19-18-39-30-21-35-31(20-29(30)33(4,5)24-34)36(22-25-10-14-27(37-6)15-11-25)23-26-12-16-28(38-7)17-13-26/h10-17,20-21H,18-19,22-23H2,1-9H3. The Bertz CT molecular complexity index is 1260. The number of nitriles is 1. The van der Waals surface area contributed by atoms with Crippen LogP contribution in [-0.2, 0) is 22.9 Å². The first-order valence-corrected chi connectivity index (χ1v) is 16.9. The Kier molecular flexibility index (Phi) is 10.5. The lowest BCUT2D eigenvalue weighted by Crippen LogP contribution is -2.41. The first-order chi connectivity index (χ1) is 19.3. The van der Waals surface area contributed by atoms with E-state index in [0.717, 1.165) is 34.0 Å². The predicted molar refractivity (Wildman–Crippen MR) is 167 cm³/mol. The first-order valence-electron chi connectivity index (χ1n) is 14.0. The van der Waals surface area contributed by atoms with Gasteiger partial charge >= 0.3 is 0 Å². The minimum Gasteiger partial charge on any atom is -0.497 e. The van der Waals surface area contributed by atoms with Gasteiger partial charge in [0.25, 0.3) is 0 Å². The van der Waals surface area contributed by atoms with Crippen molar-refractivity contribution in [1.82, 2.24) is 4.98 Å². The lowest BCUT2D eigenvalue weighted by Gasteiger charge is -2.36. The van der Waals surface area contributed by atoms with Crippen LogP contribution in [0.15, 0.2) is 60.8 Å². The van der Waals surface area contributed by atoms with E-state index < -0.39 is 13.7 Å². The van der Waals surface area contributed by atoms with E-state index >= 15 is 0 Å². The van der Waals surface area contributed by atoms with Gasteiger partial charge in [0.1, 0.15) is 29.7 Å². The van der Waals surface area contributed by atoms with E-state index in [2.05, 4.69) is 69.1 Å². The largest absolute Gasteiger partial charge is 0.497 e. The van der Waals surface area contributed by atoms with Crippen LogP contribution in [0.25, 0.3) is 0 Å². The Morgan fingerprint density at radius 3 is 1.78 bits per heavy atom. The molecule has 3 rings (SSSR count). The van der Waals surface area contributed by atoms with Crippen molar-refractivity contribution in [3.63, 3.8) is 0 Å². The van der Waals surface area contributed by atoms with Crippen molar-refractivity contribution in [1.29, 1.82) is 5.26 Å². The molecule has 0 saturated carbocycles. The maximum Gasteiger partial charge on any atom is 0.192 e. The number of aromatic nitrogens is 1. The predicted octanol–water partition coefficient (Wildman–Crippen LogP) is 7.51. The van der Waals surface area contributed by atoms with E-state index in [4.69, 9.17) is 23.6 Å². The number of hydrogen-bond donors (Lipinski definition) is 0. The maximum atomic E-state index is 10.1. The summed E-state index contributed by atoms with van der Waals surface area (Å²) in [5.41, 5.74) is 2.25. The van der Waals surface area contributed by atoms with Crippen molar-refractivity contribution >= 4 is 14.1 Å². The van der Waals surface area contributed by atoms with Gasteiger partial charge in [-0.1, -0.05) is 45.0 Å². The smallest absolute Gasteiger partial charge is 0.192 e. The topological polar surface area (TPSA) is 76.8 Å². The van der Waals surface area contributed by atoms with Crippen LogP contribution >= 0.6 is 0 Å². The van der Waals surface area contributed by atoms with Crippen LogP contribution in [0.2, 0.25) is 18.1 Å². The Morgan fingerprint density at radius 2 is 1.34 bits per heavy atom. The van der Waals surface area contributed by atoms with Crippen molar-refractivity contribution in [3.05, 3.63) is 77.5 Å². The highest BCUT2D eigenvalue weighted by atomic mass is 28.4. The zero-order valence-corrected chi connectivity index (χ0v) is 27.1. The summed E-state index contributed by atoms with van der Waals surface area (Å²) in [6.07, 6.45) is 1.74. The van der Waals surface area contributed by atoms with Crippen molar-refractivity contribution in [2.45, 2.75) is 71.3 Å². The third kappa shape index (κ3) is 8.48. The van der Waals surface area contributed by atoms with E-state index in [-0.39, 0.29) is 5.04 Å².